The van der Waals surface area contributed by atoms with E-state index in [-0.39, 0.29) is 23.5 Å². The molecule has 0 saturated carbocycles. The third-order valence-electron chi connectivity index (χ3n) is 4.85. The Morgan fingerprint density at radius 3 is 2.87 bits per heavy atom. The molecule has 162 valence electrons. The molecule has 1 atom stereocenters. The van der Waals surface area contributed by atoms with Gasteiger partial charge in [0.1, 0.15) is 5.76 Å². The first kappa shape index (κ1) is 21.6. The number of ketones is 1. The van der Waals surface area contributed by atoms with Crippen molar-refractivity contribution in [3.05, 3.63) is 53.9 Å². The van der Waals surface area contributed by atoms with E-state index in [0.717, 1.165) is 21.2 Å². The first-order valence-corrected chi connectivity index (χ1v) is 11.8. The Balaban J connectivity index is 1.29. The van der Waals surface area contributed by atoms with Crippen LogP contribution in [0.5, 0.6) is 0 Å². The van der Waals surface area contributed by atoms with Crippen LogP contribution in [0.25, 0.3) is 0 Å². The SMILES string of the molecule is CC(C)(C)c1cnc(CSc2cnc(NC(=O)CC3Nc4ccccc4CC3=O)s2)o1. The number of fused-ring (bicyclic) bond motifs is 1. The summed E-state index contributed by atoms with van der Waals surface area (Å²) in [5.74, 6) is 1.89. The summed E-state index contributed by atoms with van der Waals surface area (Å²) >= 11 is 2.95. The van der Waals surface area contributed by atoms with Gasteiger partial charge in [0.25, 0.3) is 0 Å². The number of amides is 1. The van der Waals surface area contributed by atoms with Gasteiger partial charge < -0.3 is 15.1 Å². The van der Waals surface area contributed by atoms with Gasteiger partial charge in [-0.05, 0) is 11.6 Å². The fourth-order valence-corrected chi connectivity index (χ4v) is 4.90. The molecule has 3 heterocycles. The lowest BCUT2D eigenvalue weighted by Crippen LogP contribution is -2.38. The summed E-state index contributed by atoms with van der Waals surface area (Å²) in [5.41, 5.74) is 1.80. The van der Waals surface area contributed by atoms with E-state index < -0.39 is 6.04 Å². The van der Waals surface area contributed by atoms with Crippen LogP contribution in [0.4, 0.5) is 10.8 Å². The minimum atomic E-state index is -0.522. The molecular formula is C22H24N4O3S2. The summed E-state index contributed by atoms with van der Waals surface area (Å²) in [7, 11) is 0. The fourth-order valence-electron chi connectivity index (χ4n) is 3.16. The molecule has 0 fully saturated rings. The smallest absolute Gasteiger partial charge is 0.228 e. The number of benzene rings is 1. The van der Waals surface area contributed by atoms with Crippen molar-refractivity contribution < 1.29 is 14.0 Å². The molecule has 1 amide bonds. The predicted octanol–water partition coefficient (Wildman–Crippen LogP) is 4.66. The number of hydrogen-bond acceptors (Lipinski definition) is 8. The molecule has 0 bridgehead atoms. The number of carbonyl (C=O) groups excluding carboxylic acids is 2. The number of thiazole rings is 1. The number of nitrogens with one attached hydrogen (secondary N) is 2. The van der Waals surface area contributed by atoms with Gasteiger partial charge in [0.2, 0.25) is 11.8 Å². The lowest BCUT2D eigenvalue weighted by molar-refractivity contribution is -0.123. The quantitative estimate of drug-likeness (QED) is 0.521. The van der Waals surface area contributed by atoms with E-state index in [1.165, 1.54) is 11.3 Å². The monoisotopic (exact) mass is 456 g/mol. The summed E-state index contributed by atoms with van der Waals surface area (Å²) in [6, 6.07) is 7.15. The second kappa shape index (κ2) is 8.84. The van der Waals surface area contributed by atoms with Crippen LogP contribution in [0.15, 0.2) is 45.3 Å². The van der Waals surface area contributed by atoms with Crippen molar-refractivity contribution in [2.45, 2.75) is 55.0 Å². The molecule has 1 aliphatic heterocycles. The molecule has 0 radical (unpaired) electrons. The largest absolute Gasteiger partial charge is 0.444 e. The van der Waals surface area contributed by atoms with Crippen LogP contribution < -0.4 is 10.6 Å². The molecule has 0 aliphatic carbocycles. The third-order valence-corrected chi connectivity index (χ3v) is 6.94. The van der Waals surface area contributed by atoms with Crippen LogP contribution in [0.3, 0.4) is 0 Å². The van der Waals surface area contributed by atoms with Crippen molar-refractivity contribution in [1.82, 2.24) is 9.97 Å². The second-order valence-corrected chi connectivity index (χ2v) is 10.7. The average Bonchev–Trinajstić information content (AvgIpc) is 3.36. The highest BCUT2D eigenvalue weighted by Crippen LogP contribution is 2.32. The molecule has 2 N–H and O–H groups in total. The average molecular weight is 457 g/mol. The van der Waals surface area contributed by atoms with E-state index in [4.69, 9.17) is 4.42 Å². The normalized spacial score (nSPS) is 16.0. The number of para-hydroxylation sites is 1. The molecule has 0 spiro atoms. The van der Waals surface area contributed by atoms with Gasteiger partial charge in [-0.25, -0.2) is 9.97 Å². The van der Waals surface area contributed by atoms with Crippen LogP contribution in [0.1, 0.15) is 44.4 Å². The number of thioether (sulfide) groups is 1. The van der Waals surface area contributed by atoms with E-state index in [9.17, 15) is 9.59 Å². The molecule has 3 aromatic rings. The van der Waals surface area contributed by atoms with Gasteiger partial charge in [-0.15, -0.1) is 11.8 Å². The summed E-state index contributed by atoms with van der Waals surface area (Å²) in [6.07, 6.45) is 3.91. The van der Waals surface area contributed by atoms with Crippen LogP contribution >= 0.6 is 23.1 Å². The topological polar surface area (TPSA) is 97.1 Å². The maximum atomic E-state index is 12.5. The first-order chi connectivity index (χ1) is 14.8. The minimum Gasteiger partial charge on any atom is -0.444 e. The Labute approximate surface area is 189 Å². The van der Waals surface area contributed by atoms with Gasteiger partial charge in [-0.3, -0.25) is 9.59 Å². The lowest BCUT2D eigenvalue weighted by Gasteiger charge is -2.25. The number of hydrogen-bond donors (Lipinski definition) is 2. The molecule has 1 aromatic carbocycles. The first-order valence-electron chi connectivity index (χ1n) is 9.99. The van der Waals surface area contributed by atoms with E-state index in [0.29, 0.717) is 23.2 Å². The fraction of sp³-hybridized carbons (Fsp3) is 0.364. The van der Waals surface area contributed by atoms with Crippen molar-refractivity contribution in [1.29, 1.82) is 0 Å². The molecule has 1 unspecified atom stereocenters. The van der Waals surface area contributed by atoms with Crippen LogP contribution in [-0.2, 0) is 27.2 Å². The lowest BCUT2D eigenvalue weighted by atomic mass is 9.94. The standard InChI is InChI=1S/C22H24N4O3S2/c1-22(2,3)17-10-23-19(29-17)12-30-20-11-24-21(31-20)26-18(28)9-15-16(27)8-13-6-4-5-7-14(13)25-15/h4-7,10-11,15,25H,8-9,12H2,1-3H3,(H,24,26,28). The molecule has 31 heavy (non-hydrogen) atoms. The van der Waals surface area contributed by atoms with Crippen LogP contribution in [0, 0.1) is 0 Å². The Bertz CT molecular complexity index is 1100. The molecule has 7 nitrogen and oxygen atoms in total. The summed E-state index contributed by atoms with van der Waals surface area (Å²) in [6.45, 7) is 6.24. The minimum absolute atomic E-state index is 0.0183. The number of nitrogens with zero attached hydrogens (tertiary/aromatic N) is 2. The number of Topliss-reactive ketones (excluding diaryl/α,β-unsaturated/α-hetero) is 1. The summed E-state index contributed by atoms with van der Waals surface area (Å²) < 4.78 is 6.76. The number of oxazole rings is 1. The number of aromatic nitrogens is 2. The highest BCUT2D eigenvalue weighted by molar-refractivity contribution is 8.00. The Morgan fingerprint density at radius 2 is 2.10 bits per heavy atom. The van der Waals surface area contributed by atoms with Gasteiger partial charge in [-0.1, -0.05) is 50.3 Å². The zero-order valence-corrected chi connectivity index (χ0v) is 19.2. The number of carbonyl (C=O) groups is 2. The van der Waals surface area contributed by atoms with Crippen molar-refractivity contribution in [3.8, 4) is 0 Å². The van der Waals surface area contributed by atoms with Crippen LogP contribution in [-0.4, -0.2) is 27.7 Å². The van der Waals surface area contributed by atoms with E-state index in [1.54, 1.807) is 24.2 Å². The van der Waals surface area contributed by atoms with Gasteiger partial charge >= 0.3 is 0 Å². The molecule has 0 saturated heterocycles. The molecular weight excluding hydrogens is 432 g/mol. The molecule has 9 heteroatoms. The Kier molecular flexibility index (Phi) is 6.15. The summed E-state index contributed by atoms with van der Waals surface area (Å²) in [4.78, 5) is 33.4. The van der Waals surface area contributed by atoms with Gasteiger partial charge in [0.15, 0.2) is 10.9 Å². The van der Waals surface area contributed by atoms with Crippen molar-refractivity contribution >= 4 is 45.6 Å². The molecule has 2 aromatic heterocycles. The van der Waals surface area contributed by atoms with Crippen molar-refractivity contribution in [3.63, 3.8) is 0 Å². The highest BCUT2D eigenvalue weighted by atomic mass is 32.2. The third kappa shape index (κ3) is 5.34. The molecule has 4 rings (SSSR count). The summed E-state index contributed by atoms with van der Waals surface area (Å²) in [5, 5.41) is 6.48. The van der Waals surface area contributed by atoms with E-state index in [2.05, 4.69) is 41.4 Å². The van der Waals surface area contributed by atoms with Gasteiger partial charge in [0.05, 0.1) is 34.8 Å². The number of anilines is 2. The highest BCUT2D eigenvalue weighted by Gasteiger charge is 2.27. The van der Waals surface area contributed by atoms with Crippen molar-refractivity contribution in [2.75, 3.05) is 10.6 Å². The maximum absolute atomic E-state index is 12.5. The maximum Gasteiger partial charge on any atom is 0.228 e. The second-order valence-electron chi connectivity index (χ2n) is 8.39. The van der Waals surface area contributed by atoms with E-state index in [1.807, 2.05) is 24.3 Å². The van der Waals surface area contributed by atoms with E-state index >= 15 is 0 Å². The molecule has 1 aliphatic rings. The van der Waals surface area contributed by atoms with Crippen LogP contribution in [0.2, 0.25) is 0 Å². The van der Waals surface area contributed by atoms with Gasteiger partial charge in [0, 0.05) is 17.5 Å². The zero-order valence-electron chi connectivity index (χ0n) is 17.6. The Hall–Kier alpha value is -2.65. The zero-order chi connectivity index (χ0) is 22.0. The van der Waals surface area contributed by atoms with Crippen molar-refractivity contribution in [2.24, 2.45) is 0 Å². The predicted molar refractivity (Wildman–Crippen MR) is 123 cm³/mol. The Morgan fingerprint density at radius 1 is 1.29 bits per heavy atom. The van der Waals surface area contributed by atoms with Gasteiger partial charge in [-0.2, -0.15) is 0 Å². The number of rotatable bonds is 6.